The summed E-state index contributed by atoms with van der Waals surface area (Å²) in [6.45, 7) is 4.93. The third kappa shape index (κ3) is 5.44. The molecule has 0 spiro atoms. The largest absolute Gasteiger partial charge is 0.497 e. The maximum Gasteiger partial charge on any atom is 0.260 e. The van der Waals surface area contributed by atoms with Crippen LogP contribution < -0.4 is 14.8 Å². The smallest absolute Gasteiger partial charge is 0.260 e. The summed E-state index contributed by atoms with van der Waals surface area (Å²) in [5, 5.41) is 2.61. The van der Waals surface area contributed by atoms with E-state index in [0.717, 1.165) is 6.07 Å². The quantitative estimate of drug-likeness (QED) is 0.770. The number of hydrogen-bond acceptors (Lipinski definition) is 4. The first-order valence-electron chi connectivity index (χ1n) is 8.64. The van der Waals surface area contributed by atoms with Crippen molar-refractivity contribution in [2.24, 2.45) is 0 Å². The molecule has 0 atom stereocenters. The fourth-order valence-corrected chi connectivity index (χ4v) is 2.48. The molecule has 6 nitrogen and oxygen atoms in total. The number of halogens is 1. The van der Waals surface area contributed by atoms with Gasteiger partial charge in [-0.3, -0.25) is 9.59 Å². The van der Waals surface area contributed by atoms with Crippen LogP contribution in [-0.4, -0.2) is 43.5 Å². The van der Waals surface area contributed by atoms with E-state index < -0.39 is 11.7 Å². The molecule has 7 heteroatoms. The third-order valence-electron chi connectivity index (χ3n) is 3.99. The molecule has 144 valence electrons. The van der Waals surface area contributed by atoms with Gasteiger partial charge >= 0.3 is 0 Å². The van der Waals surface area contributed by atoms with Crippen molar-refractivity contribution >= 4 is 17.5 Å². The van der Waals surface area contributed by atoms with E-state index in [0.29, 0.717) is 30.3 Å². The number of ether oxygens (including phenoxy) is 2. The Morgan fingerprint density at radius 3 is 2.44 bits per heavy atom. The minimum atomic E-state index is -0.677. The van der Waals surface area contributed by atoms with Crippen LogP contribution in [0.2, 0.25) is 0 Å². The number of hydrogen-bond donors (Lipinski definition) is 1. The summed E-state index contributed by atoms with van der Waals surface area (Å²) in [4.78, 5) is 25.9. The molecular weight excluding hydrogens is 351 g/mol. The number of nitrogens with one attached hydrogen (secondary N) is 1. The molecular formula is C20H23FN2O4. The van der Waals surface area contributed by atoms with Crippen molar-refractivity contribution in [3.63, 3.8) is 0 Å². The Morgan fingerprint density at radius 2 is 1.81 bits per heavy atom. The van der Waals surface area contributed by atoms with Gasteiger partial charge in [-0.2, -0.15) is 0 Å². The lowest BCUT2D eigenvalue weighted by Crippen LogP contribution is -2.34. The van der Waals surface area contributed by atoms with Gasteiger partial charge in [0.25, 0.3) is 11.8 Å². The van der Waals surface area contributed by atoms with E-state index in [4.69, 9.17) is 9.47 Å². The average molecular weight is 374 g/mol. The van der Waals surface area contributed by atoms with Crippen LogP contribution in [0.4, 0.5) is 10.1 Å². The van der Waals surface area contributed by atoms with Crippen molar-refractivity contribution in [3.8, 4) is 11.5 Å². The van der Waals surface area contributed by atoms with E-state index in [1.807, 2.05) is 13.8 Å². The lowest BCUT2D eigenvalue weighted by atomic mass is 10.2. The molecule has 0 saturated carbocycles. The minimum Gasteiger partial charge on any atom is -0.497 e. The Kier molecular flexibility index (Phi) is 7.16. The first kappa shape index (κ1) is 20.2. The first-order chi connectivity index (χ1) is 13.0. The van der Waals surface area contributed by atoms with Crippen molar-refractivity contribution in [2.75, 3.05) is 32.1 Å². The van der Waals surface area contributed by atoms with E-state index in [1.54, 1.807) is 29.2 Å². The second kappa shape index (κ2) is 9.56. The van der Waals surface area contributed by atoms with E-state index in [1.165, 1.54) is 19.2 Å². The van der Waals surface area contributed by atoms with E-state index in [2.05, 4.69) is 5.32 Å². The molecule has 1 N–H and O–H groups in total. The van der Waals surface area contributed by atoms with Crippen LogP contribution in [0.3, 0.4) is 0 Å². The maximum atomic E-state index is 14.0. The number of carbonyl (C=O) groups excluding carboxylic acids is 2. The number of nitrogens with zero attached hydrogens (tertiary/aromatic N) is 1. The highest BCUT2D eigenvalue weighted by atomic mass is 19.1. The molecule has 27 heavy (non-hydrogen) atoms. The molecule has 2 aromatic carbocycles. The third-order valence-corrected chi connectivity index (χ3v) is 3.99. The second-order valence-electron chi connectivity index (χ2n) is 5.68. The fraction of sp³-hybridized carbons (Fsp3) is 0.300. The lowest BCUT2D eigenvalue weighted by Gasteiger charge is -2.18. The Balaban J connectivity index is 2.03. The SMILES string of the molecule is CCN(CC)C(=O)COc1cccc(NC(=O)c2ccc(OC)cc2F)c1. The highest BCUT2D eigenvalue weighted by molar-refractivity contribution is 6.04. The number of rotatable bonds is 8. The number of benzene rings is 2. The Bertz CT molecular complexity index is 806. The Hall–Kier alpha value is -3.09. The molecule has 0 fully saturated rings. The molecule has 0 saturated heterocycles. The van der Waals surface area contributed by atoms with Gasteiger partial charge in [-0.25, -0.2) is 4.39 Å². The second-order valence-corrected chi connectivity index (χ2v) is 5.68. The number of amides is 2. The van der Waals surface area contributed by atoms with Crippen molar-refractivity contribution < 1.29 is 23.5 Å². The van der Waals surface area contributed by atoms with E-state index in [9.17, 15) is 14.0 Å². The molecule has 0 aliphatic carbocycles. The molecule has 2 amide bonds. The van der Waals surface area contributed by atoms with Gasteiger partial charge in [0.2, 0.25) is 0 Å². The lowest BCUT2D eigenvalue weighted by molar-refractivity contribution is -0.132. The van der Waals surface area contributed by atoms with Gasteiger partial charge in [-0.05, 0) is 38.1 Å². The molecule has 0 radical (unpaired) electrons. The van der Waals surface area contributed by atoms with Crippen LogP contribution in [-0.2, 0) is 4.79 Å². The molecule has 0 aromatic heterocycles. The first-order valence-corrected chi connectivity index (χ1v) is 8.64. The van der Waals surface area contributed by atoms with Gasteiger partial charge in [-0.15, -0.1) is 0 Å². The summed E-state index contributed by atoms with van der Waals surface area (Å²) in [6.07, 6.45) is 0. The van der Waals surface area contributed by atoms with Crippen molar-refractivity contribution in [1.82, 2.24) is 4.90 Å². The van der Waals surface area contributed by atoms with Gasteiger partial charge in [0.05, 0.1) is 12.7 Å². The van der Waals surface area contributed by atoms with Crippen molar-refractivity contribution in [1.29, 1.82) is 0 Å². The average Bonchev–Trinajstić information content (AvgIpc) is 2.67. The monoisotopic (exact) mass is 374 g/mol. The van der Waals surface area contributed by atoms with Crippen molar-refractivity contribution in [2.45, 2.75) is 13.8 Å². The molecule has 0 bridgehead atoms. The fourth-order valence-electron chi connectivity index (χ4n) is 2.48. The molecule has 0 heterocycles. The molecule has 0 aliphatic heterocycles. The van der Waals surface area contributed by atoms with Crippen LogP contribution in [0.5, 0.6) is 11.5 Å². The zero-order chi connectivity index (χ0) is 19.8. The highest BCUT2D eigenvalue weighted by Gasteiger charge is 2.14. The minimum absolute atomic E-state index is 0.0911. The maximum absolute atomic E-state index is 14.0. The summed E-state index contributed by atoms with van der Waals surface area (Å²) >= 11 is 0. The number of carbonyl (C=O) groups is 2. The van der Waals surface area contributed by atoms with E-state index >= 15 is 0 Å². The number of methoxy groups -OCH3 is 1. The Morgan fingerprint density at radius 1 is 1.07 bits per heavy atom. The van der Waals surface area contributed by atoms with Crippen LogP contribution in [0.25, 0.3) is 0 Å². The van der Waals surface area contributed by atoms with E-state index in [-0.39, 0.29) is 18.1 Å². The van der Waals surface area contributed by atoms with Crippen LogP contribution in [0.1, 0.15) is 24.2 Å². The van der Waals surface area contributed by atoms with Crippen LogP contribution in [0.15, 0.2) is 42.5 Å². The normalized spacial score (nSPS) is 10.2. The van der Waals surface area contributed by atoms with Gasteiger partial charge < -0.3 is 19.7 Å². The zero-order valence-corrected chi connectivity index (χ0v) is 15.6. The Labute approximate surface area is 157 Å². The van der Waals surface area contributed by atoms with Gasteiger partial charge in [0.1, 0.15) is 17.3 Å². The number of anilines is 1. The van der Waals surface area contributed by atoms with Gasteiger partial charge in [-0.1, -0.05) is 6.07 Å². The standard InChI is InChI=1S/C20H23FN2O4/c1-4-23(5-2)19(24)13-27-16-8-6-7-14(11-16)22-20(25)17-10-9-15(26-3)12-18(17)21/h6-12H,4-5,13H2,1-3H3,(H,22,25). The molecule has 2 aromatic rings. The van der Waals surface area contributed by atoms with Gasteiger partial charge in [0, 0.05) is 30.9 Å². The van der Waals surface area contributed by atoms with Gasteiger partial charge in [0.15, 0.2) is 6.61 Å². The highest BCUT2D eigenvalue weighted by Crippen LogP contribution is 2.20. The van der Waals surface area contributed by atoms with Crippen LogP contribution >= 0.6 is 0 Å². The zero-order valence-electron chi connectivity index (χ0n) is 15.6. The summed E-state index contributed by atoms with van der Waals surface area (Å²) in [6, 6.07) is 10.6. The molecule has 2 rings (SSSR count). The van der Waals surface area contributed by atoms with Crippen molar-refractivity contribution in [3.05, 3.63) is 53.8 Å². The van der Waals surface area contributed by atoms with Crippen LogP contribution in [0, 0.1) is 5.82 Å². The number of likely N-dealkylation sites (N-methyl/N-ethyl adjacent to an activating group) is 1. The predicted molar refractivity (Wildman–Crippen MR) is 101 cm³/mol. The topological polar surface area (TPSA) is 67.9 Å². The molecule has 0 aliphatic rings. The predicted octanol–water partition coefficient (Wildman–Crippen LogP) is 3.33. The summed E-state index contributed by atoms with van der Waals surface area (Å²) in [5.74, 6) is -0.619. The summed E-state index contributed by atoms with van der Waals surface area (Å²) < 4.78 is 24.4. The summed E-state index contributed by atoms with van der Waals surface area (Å²) in [7, 11) is 1.42. The summed E-state index contributed by atoms with van der Waals surface area (Å²) in [5.41, 5.74) is 0.335. The molecule has 0 unspecified atom stereocenters.